The Labute approximate surface area is 136 Å². The number of amides is 1. The lowest BCUT2D eigenvalue weighted by molar-refractivity contribution is 0.0227. The van der Waals surface area contributed by atoms with Crippen LogP contribution in [0.3, 0.4) is 0 Å². The fourth-order valence-corrected chi connectivity index (χ4v) is 1.54. The van der Waals surface area contributed by atoms with Crippen LogP contribution in [-0.2, 0) is 9.47 Å². The second-order valence-corrected chi connectivity index (χ2v) is 6.06. The van der Waals surface area contributed by atoms with Crippen LogP contribution in [0, 0.1) is 0 Å². The van der Waals surface area contributed by atoms with E-state index in [2.05, 4.69) is 10.1 Å². The normalized spacial score (nSPS) is 12.2. The van der Waals surface area contributed by atoms with Crippen molar-refractivity contribution in [2.24, 2.45) is 0 Å². The van der Waals surface area contributed by atoms with E-state index in [1.54, 1.807) is 12.1 Å². The molecule has 1 aromatic carbocycles. The average Bonchev–Trinajstić information content (AvgIpc) is 2.45. The summed E-state index contributed by atoms with van der Waals surface area (Å²) in [7, 11) is 2.61. The number of alkyl halides is 3. The van der Waals surface area contributed by atoms with Crippen molar-refractivity contribution in [2.45, 2.75) is 10.0 Å². The van der Waals surface area contributed by atoms with E-state index in [4.69, 9.17) is 44.3 Å². The maximum Gasteiger partial charge on any atom is 0.409 e. The van der Waals surface area contributed by atoms with Gasteiger partial charge in [-0.1, -0.05) is 34.8 Å². The molecular weight excluding hydrogens is 344 g/mol. The predicted molar refractivity (Wildman–Crippen MR) is 78.0 cm³/mol. The topological polar surface area (TPSA) is 73.9 Å². The molecule has 0 aliphatic rings. The molecule has 0 spiro atoms. The van der Waals surface area contributed by atoms with Crippen molar-refractivity contribution < 1.29 is 23.8 Å². The first-order chi connectivity index (χ1) is 9.77. The molecule has 1 N–H and O–H groups in total. The minimum atomic E-state index is -2.06. The zero-order chi connectivity index (χ0) is 16.0. The summed E-state index contributed by atoms with van der Waals surface area (Å²) in [6, 6.07) is 6.06. The number of methoxy groups -OCH3 is 2. The fourth-order valence-electron chi connectivity index (χ4n) is 1.25. The van der Waals surface area contributed by atoms with Gasteiger partial charge in [0.25, 0.3) is 0 Å². The Bertz CT molecular complexity index is 501. The molecule has 1 amide bonds. The summed E-state index contributed by atoms with van der Waals surface area (Å²) in [4.78, 5) is 23.1. The number of hydrogen-bond donors (Lipinski definition) is 1. The van der Waals surface area contributed by atoms with E-state index < -0.39 is 22.1 Å². The molecule has 0 fully saturated rings. The molecule has 116 valence electrons. The van der Waals surface area contributed by atoms with Gasteiger partial charge in [0.15, 0.2) is 0 Å². The van der Waals surface area contributed by atoms with Gasteiger partial charge in [0.1, 0.15) is 5.75 Å². The molecule has 0 aliphatic heterocycles. The molecule has 0 bridgehead atoms. The van der Waals surface area contributed by atoms with Gasteiger partial charge in [0, 0.05) is 0 Å². The van der Waals surface area contributed by atoms with Crippen LogP contribution in [0.2, 0.25) is 0 Å². The Hall–Kier alpha value is -1.37. The first-order valence-corrected chi connectivity index (χ1v) is 6.67. The SMILES string of the molecule is COC(=O)N[C@H](OC(=O)c1ccc(OC)cc1)C(Cl)(Cl)Cl. The Morgan fingerprint density at radius 1 is 1.14 bits per heavy atom. The number of carbonyl (C=O) groups is 2. The van der Waals surface area contributed by atoms with Gasteiger partial charge in [-0.05, 0) is 24.3 Å². The fraction of sp³-hybridized carbons (Fsp3) is 0.333. The maximum atomic E-state index is 11.9. The van der Waals surface area contributed by atoms with Gasteiger partial charge in [-0.3, -0.25) is 5.32 Å². The molecule has 21 heavy (non-hydrogen) atoms. The van der Waals surface area contributed by atoms with Gasteiger partial charge in [-0.2, -0.15) is 0 Å². The number of halogens is 3. The van der Waals surface area contributed by atoms with Crippen LogP contribution in [0.1, 0.15) is 10.4 Å². The Morgan fingerprint density at radius 3 is 2.14 bits per heavy atom. The average molecular weight is 357 g/mol. The van der Waals surface area contributed by atoms with Crippen LogP contribution in [0.5, 0.6) is 5.75 Å². The lowest BCUT2D eigenvalue weighted by Crippen LogP contribution is -2.46. The summed E-state index contributed by atoms with van der Waals surface area (Å²) in [5, 5.41) is 2.11. The quantitative estimate of drug-likeness (QED) is 0.510. The van der Waals surface area contributed by atoms with Crippen LogP contribution < -0.4 is 10.1 Å². The van der Waals surface area contributed by atoms with E-state index in [1.807, 2.05) is 0 Å². The number of hydrogen-bond acceptors (Lipinski definition) is 5. The lowest BCUT2D eigenvalue weighted by Gasteiger charge is -2.24. The van der Waals surface area contributed by atoms with Crippen molar-refractivity contribution >= 4 is 46.9 Å². The number of alkyl carbamates (subject to hydrolysis) is 1. The molecule has 9 heteroatoms. The van der Waals surface area contributed by atoms with E-state index in [0.717, 1.165) is 7.11 Å². The predicted octanol–water partition coefficient (Wildman–Crippen LogP) is 2.90. The van der Waals surface area contributed by atoms with Gasteiger partial charge in [0.2, 0.25) is 10.0 Å². The largest absolute Gasteiger partial charge is 0.497 e. The van der Waals surface area contributed by atoms with Crippen LogP contribution >= 0.6 is 34.8 Å². The Balaban J connectivity index is 2.81. The van der Waals surface area contributed by atoms with E-state index in [-0.39, 0.29) is 5.56 Å². The highest BCUT2D eigenvalue weighted by molar-refractivity contribution is 6.68. The summed E-state index contributed by atoms with van der Waals surface area (Å²) < 4.78 is 12.2. The van der Waals surface area contributed by atoms with Crippen molar-refractivity contribution in [3.8, 4) is 5.75 Å². The standard InChI is InChI=1S/C12H12Cl3NO5/c1-19-8-5-3-7(4-6-8)9(17)21-10(12(13,14)15)16-11(18)20-2/h3-6,10H,1-2H3,(H,16,18)/t10-/m1/s1. The molecule has 0 radical (unpaired) electrons. The molecule has 0 saturated carbocycles. The van der Waals surface area contributed by atoms with E-state index in [1.165, 1.54) is 19.2 Å². The second kappa shape index (κ2) is 7.59. The number of nitrogens with one attached hydrogen (secondary N) is 1. The van der Waals surface area contributed by atoms with Crippen molar-refractivity contribution in [3.05, 3.63) is 29.8 Å². The third-order valence-corrected chi connectivity index (χ3v) is 2.88. The highest BCUT2D eigenvalue weighted by atomic mass is 35.6. The molecule has 0 heterocycles. The molecule has 0 aliphatic carbocycles. The zero-order valence-corrected chi connectivity index (χ0v) is 13.3. The van der Waals surface area contributed by atoms with E-state index >= 15 is 0 Å². The van der Waals surface area contributed by atoms with Gasteiger partial charge >= 0.3 is 12.1 Å². The first-order valence-electron chi connectivity index (χ1n) is 5.54. The second-order valence-electron chi connectivity index (χ2n) is 3.69. The van der Waals surface area contributed by atoms with Crippen molar-refractivity contribution in [1.82, 2.24) is 5.32 Å². The number of ether oxygens (including phenoxy) is 3. The van der Waals surface area contributed by atoms with Gasteiger partial charge in [-0.15, -0.1) is 0 Å². The lowest BCUT2D eigenvalue weighted by atomic mass is 10.2. The first kappa shape index (κ1) is 17.7. The van der Waals surface area contributed by atoms with Crippen molar-refractivity contribution in [1.29, 1.82) is 0 Å². The van der Waals surface area contributed by atoms with Crippen molar-refractivity contribution in [3.63, 3.8) is 0 Å². The number of benzene rings is 1. The van der Waals surface area contributed by atoms with Crippen LogP contribution in [0.15, 0.2) is 24.3 Å². The maximum absolute atomic E-state index is 11.9. The number of esters is 1. The highest BCUT2D eigenvalue weighted by Crippen LogP contribution is 2.31. The minimum absolute atomic E-state index is 0.196. The van der Waals surface area contributed by atoms with Crippen LogP contribution in [0.25, 0.3) is 0 Å². The third-order valence-electron chi connectivity index (χ3n) is 2.28. The van der Waals surface area contributed by atoms with Gasteiger partial charge < -0.3 is 14.2 Å². The minimum Gasteiger partial charge on any atom is -0.497 e. The summed E-state index contributed by atoms with van der Waals surface area (Å²) in [5.74, 6) is -0.220. The van der Waals surface area contributed by atoms with Crippen molar-refractivity contribution in [2.75, 3.05) is 14.2 Å². The molecule has 1 aromatic rings. The molecule has 6 nitrogen and oxygen atoms in total. The summed E-state index contributed by atoms with van der Waals surface area (Å²) in [6.45, 7) is 0. The monoisotopic (exact) mass is 355 g/mol. The highest BCUT2D eigenvalue weighted by Gasteiger charge is 2.38. The Kier molecular flexibility index (Phi) is 6.39. The van der Waals surface area contributed by atoms with E-state index in [0.29, 0.717) is 5.75 Å². The van der Waals surface area contributed by atoms with Gasteiger partial charge in [-0.25, -0.2) is 9.59 Å². The molecule has 1 atom stereocenters. The summed E-state index contributed by atoms with van der Waals surface area (Å²) in [5.41, 5.74) is 0.196. The molecule has 0 saturated heterocycles. The zero-order valence-electron chi connectivity index (χ0n) is 11.1. The Morgan fingerprint density at radius 2 is 1.71 bits per heavy atom. The summed E-state index contributed by atoms with van der Waals surface area (Å²) in [6.07, 6.45) is -2.42. The van der Waals surface area contributed by atoms with Crippen LogP contribution in [0.4, 0.5) is 4.79 Å². The number of carbonyl (C=O) groups excluding carboxylic acids is 2. The summed E-state index contributed by atoms with van der Waals surface area (Å²) >= 11 is 16.9. The third kappa shape index (κ3) is 5.49. The molecular formula is C12H12Cl3NO5. The molecule has 0 unspecified atom stereocenters. The van der Waals surface area contributed by atoms with E-state index in [9.17, 15) is 9.59 Å². The smallest absolute Gasteiger partial charge is 0.409 e. The van der Waals surface area contributed by atoms with Gasteiger partial charge in [0.05, 0.1) is 19.8 Å². The molecule has 1 rings (SSSR count). The van der Waals surface area contributed by atoms with Crippen LogP contribution in [-0.4, -0.2) is 36.3 Å². The molecule has 0 aromatic heterocycles. The number of rotatable bonds is 4.